The number of likely N-dealkylation sites (tertiary alicyclic amines) is 1. The van der Waals surface area contributed by atoms with Gasteiger partial charge in [0.15, 0.2) is 5.96 Å². The van der Waals surface area contributed by atoms with Crippen molar-refractivity contribution >= 4 is 59.2 Å². The van der Waals surface area contributed by atoms with E-state index in [0.29, 0.717) is 24.1 Å². The van der Waals surface area contributed by atoms with Gasteiger partial charge in [-0.25, -0.2) is 4.98 Å². The van der Waals surface area contributed by atoms with Crippen molar-refractivity contribution in [2.24, 2.45) is 28.1 Å². The first-order chi connectivity index (χ1) is 34.2. The molecule has 2 heterocycles. The molecule has 0 bridgehead atoms. The molecule has 0 unspecified atom stereocenters. The number of amides is 8. The fourth-order valence-corrected chi connectivity index (χ4v) is 7.93. The molecule has 1 aliphatic heterocycles. The first kappa shape index (κ1) is 56.7. The minimum atomic E-state index is -1.49. The Kier molecular flexibility index (Phi) is 22.1. The van der Waals surface area contributed by atoms with Gasteiger partial charge < -0.3 is 69.2 Å². The summed E-state index contributed by atoms with van der Waals surface area (Å²) in [4.78, 5) is 133. The van der Waals surface area contributed by atoms with Crippen LogP contribution in [0, 0.1) is 5.92 Å². The average Bonchev–Trinajstić information content (AvgIpc) is 4.06. The first-order valence-corrected chi connectivity index (χ1v) is 23.7. The molecule has 15 N–H and O–H groups in total. The number of hydrogen-bond donors (Lipinski definition) is 12. The second-order valence-electron chi connectivity index (χ2n) is 17.7. The van der Waals surface area contributed by atoms with Crippen LogP contribution in [0.25, 0.3) is 0 Å². The smallest absolute Gasteiger partial charge is 0.303 e. The number of carboxylic acid groups (broad SMARTS) is 1. The number of aliphatic hydroxyl groups is 1. The highest BCUT2D eigenvalue weighted by molar-refractivity contribution is 5.98. The Morgan fingerprint density at radius 3 is 1.89 bits per heavy atom. The summed E-state index contributed by atoms with van der Waals surface area (Å²) in [6.07, 6.45) is 1.52. The number of aromatic amines is 1. The van der Waals surface area contributed by atoms with Crippen LogP contribution in [0.4, 0.5) is 0 Å². The van der Waals surface area contributed by atoms with E-state index < -0.39 is 120 Å². The van der Waals surface area contributed by atoms with Crippen LogP contribution in [0.15, 0.2) is 78.2 Å². The summed E-state index contributed by atoms with van der Waals surface area (Å²) in [7, 11) is 0. The van der Waals surface area contributed by atoms with Gasteiger partial charge in [-0.05, 0) is 63.5 Å². The van der Waals surface area contributed by atoms with Gasteiger partial charge in [0.2, 0.25) is 47.3 Å². The number of nitrogens with two attached hydrogens (primary N) is 3. The summed E-state index contributed by atoms with van der Waals surface area (Å²) in [5.41, 5.74) is 18.1. The molecular formula is C48H67N13O11. The van der Waals surface area contributed by atoms with Crippen molar-refractivity contribution < 1.29 is 53.4 Å². The number of imidazole rings is 1. The molecule has 9 atom stereocenters. The number of benzene rings is 2. The number of primary amides is 1. The number of H-pyrrole nitrogens is 1. The van der Waals surface area contributed by atoms with Gasteiger partial charge in [-0.1, -0.05) is 67.6 Å². The molecule has 1 aromatic heterocycles. The van der Waals surface area contributed by atoms with Crippen molar-refractivity contribution in [3.8, 4) is 0 Å². The standard InChI is InChI=1S/C48H67N13O11/c1-27(22-30-12-6-4-7-13-30)41(66)60-39(29(3)62)47(72)61-21-11-17-37(61)46(71)59-36(24-32-25-52-26-54-32)45(70)58-35(23-31-14-8-5-9-15-31)44(69)55-28(2)42(67)57-34(18-19-38(63)64)43(68)56-33(40(49)65)16-10-20-53-48(50)51/h4-9,12-15,25-29,33-37,39,62H,10-11,16-24H2,1-3H3,(H2,49,65)(H,52,54)(H,55,69)(H,56,68)(H,57,67)(H,58,70)(H,59,71)(H,60,66)(H,63,64)(H4,50,51,53)/t27-,28-,29+,33-,34-,35-,36-,37-,39-/m0/s1. The fourth-order valence-electron chi connectivity index (χ4n) is 7.93. The van der Waals surface area contributed by atoms with Crippen LogP contribution < -0.4 is 49.1 Å². The number of hydrogen-bond acceptors (Lipinski definition) is 12. The van der Waals surface area contributed by atoms with E-state index in [4.69, 9.17) is 17.2 Å². The van der Waals surface area contributed by atoms with Crippen molar-refractivity contribution in [3.05, 3.63) is 90.0 Å². The zero-order valence-corrected chi connectivity index (χ0v) is 40.5. The molecule has 0 saturated carbocycles. The average molecular weight is 1000 g/mol. The molecular weight excluding hydrogens is 935 g/mol. The molecule has 3 aromatic rings. The predicted molar refractivity (Wildman–Crippen MR) is 261 cm³/mol. The topological polar surface area (TPSA) is 389 Å². The van der Waals surface area contributed by atoms with Gasteiger partial charge in [0.1, 0.15) is 42.3 Å². The predicted octanol–water partition coefficient (Wildman–Crippen LogP) is -2.22. The Balaban J connectivity index is 1.50. The SMILES string of the molecule is C[C@H](NC(=O)[C@H](Cc1ccccc1)NC(=O)[C@H](Cc1cnc[nH]1)NC(=O)[C@@H]1CCCN1C(=O)[C@@H](NC(=O)[C@@H](C)Cc1ccccc1)[C@@H](C)O)C(=O)N[C@@H](CCC(=O)O)C(=O)N[C@@H](CCCN=C(N)N)C(N)=O. The molecule has 4 rings (SSSR count). The lowest BCUT2D eigenvalue weighted by molar-refractivity contribution is -0.144. The van der Waals surface area contributed by atoms with E-state index in [9.17, 15) is 53.4 Å². The van der Waals surface area contributed by atoms with E-state index in [2.05, 4.69) is 46.9 Å². The Hall–Kier alpha value is -7.89. The summed E-state index contributed by atoms with van der Waals surface area (Å²) in [5.74, 6) is -8.29. The van der Waals surface area contributed by atoms with E-state index >= 15 is 0 Å². The van der Waals surface area contributed by atoms with Crippen LogP contribution in [0.3, 0.4) is 0 Å². The molecule has 1 aliphatic rings. The van der Waals surface area contributed by atoms with Gasteiger partial charge in [-0.3, -0.25) is 48.1 Å². The minimum Gasteiger partial charge on any atom is -0.481 e. The second-order valence-corrected chi connectivity index (χ2v) is 17.7. The maximum absolute atomic E-state index is 14.3. The maximum atomic E-state index is 14.3. The molecule has 0 spiro atoms. The third kappa shape index (κ3) is 18.1. The summed E-state index contributed by atoms with van der Waals surface area (Å²) in [6, 6.07) is 8.57. The number of carbonyl (C=O) groups excluding carboxylic acids is 8. The molecule has 24 heteroatoms. The zero-order valence-electron chi connectivity index (χ0n) is 40.5. The normalized spacial score (nSPS) is 16.4. The third-order valence-electron chi connectivity index (χ3n) is 11.9. The highest BCUT2D eigenvalue weighted by atomic mass is 16.4. The van der Waals surface area contributed by atoms with Crippen LogP contribution in [0.5, 0.6) is 0 Å². The van der Waals surface area contributed by atoms with E-state index in [1.807, 2.05) is 30.3 Å². The molecule has 8 amide bonds. The lowest BCUT2D eigenvalue weighted by Gasteiger charge is -2.31. The second kappa shape index (κ2) is 28.1. The lowest BCUT2D eigenvalue weighted by Crippen LogP contribution is -2.60. The van der Waals surface area contributed by atoms with E-state index in [0.717, 1.165) is 5.56 Å². The number of aliphatic carboxylic acids is 1. The number of rotatable bonds is 28. The van der Waals surface area contributed by atoms with Crippen LogP contribution in [0.1, 0.15) is 76.1 Å². The van der Waals surface area contributed by atoms with Crippen LogP contribution >= 0.6 is 0 Å². The molecule has 1 fully saturated rings. The molecule has 0 radical (unpaired) electrons. The van der Waals surface area contributed by atoms with Gasteiger partial charge in [0.25, 0.3) is 0 Å². The monoisotopic (exact) mass is 1000 g/mol. The van der Waals surface area contributed by atoms with Crippen molar-refractivity contribution in [2.75, 3.05) is 13.1 Å². The number of carbonyl (C=O) groups is 9. The highest BCUT2D eigenvalue weighted by Crippen LogP contribution is 2.21. The van der Waals surface area contributed by atoms with Crippen LogP contribution in [-0.4, -0.2) is 146 Å². The Bertz CT molecular complexity index is 2350. The first-order valence-electron chi connectivity index (χ1n) is 23.7. The number of nitrogens with one attached hydrogen (secondary N) is 7. The van der Waals surface area contributed by atoms with Crippen LogP contribution in [0.2, 0.25) is 0 Å². The molecule has 24 nitrogen and oxygen atoms in total. The van der Waals surface area contributed by atoms with Gasteiger partial charge in [0, 0.05) is 50.2 Å². The molecule has 2 aromatic carbocycles. The largest absolute Gasteiger partial charge is 0.481 e. The number of aliphatic imine (C=N–C) groups is 1. The van der Waals surface area contributed by atoms with Crippen LogP contribution in [-0.2, 0) is 62.4 Å². The van der Waals surface area contributed by atoms with Gasteiger partial charge >= 0.3 is 5.97 Å². The molecule has 72 heavy (non-hydrogen) atoms. The van der Waals surface area contributed by atoms with Crippen molar-refractivity contribution in [1.29, 1.82) is 0 Å². The minimum absolute atomic E-state index is 0.0183. The van der Waals surface area contributed by atoms with Gasteiger partial charge in [-0.15, -0.1) is 0 Å². The summed E-state index contributed by atoms with van der Waals surface area (Å²) in [6.45, 7) is 4.60. The summed E-state index contributed by atoms with van der Waals surface area (Å²) >= 11 is 0. The third-order valence-corrected chi connectivity index (χ3v) is 11.9. The Morgan fingerprint density at radius 2 is 1.31 bits per heavy atom. The van der Waals surface area contributed by atoms with E-state index in [-0.39, 0.29) is 51.2 Å². The summed E-state index contributed by atoms with van der Waals surface area (Å²) in [5, 5.41) is 35.6. The molecule has 1 saturated heterocycles. The fraction of sp³-hybridized carbons (Fsp3) is 0.479. The Labute approximate surface area is 416 Å². The summed E-state index contributed by atoms with van der Waals surface area (Å²) < 4.78 is 0. The number of carboxylic acids is 1. The number of aromatic nitrogens is 2. The molecule has 390 valence electrons. The van der Waals surface area contributed by atoms with Gasteiger partial charge in [-0.2, -0.15) is 0 Å². The number of guanidine groups is 1. The van der Waals surface area contributed by atoms with Gasteiger partial charge in [0.05, 0.1) is 12.4 Å². The highest BCUT2D eigenvalue weighted by Gasteiger charge is 2.41. The lowest BCUT2D eigenvalue weighted by atomic mass is 9.99. The van der Waals surface area contributed by atoms with E-state index in [1.54, 1.807) is 37.3 Å². The Morgan fingerprint density at radius 1 is 0.722 bits per heavy atom. The maximum Gasteiger partial charge on any atom is 0.303 e. The zero-order chi connectivity index (χ0) is 52.9. The number of aliphatic hydroxyl groups excluding tert-OH is 1. The van der Waals surface area contributed by atoms with Crippen molar-refractivity contribution in [3.63, 3.8) is 0 Å². The van der Waals surface area contributed by atoms with Crippen molar-refractivity contribution in [2.45, 2.75) is 127 Å². The quantitative estimate of drug-likeness (QED) is 0.0208. The number of nitrogens with zero attached hydrogens (tertiary/aromatic N) is 3. The van der Waals surface area contributed by atoms with E-state index in [1.165, 1.54) is 31.3 Å². The molecule has 0 aliphatic carbocycles. The van der Waals surface area contributed by atoms with Crippen molar-refractivity contribution in [1.82, 2.24) is 46.8 Å².